The zero-order valence-electron chi connectivity index (χ0n) is 9.51. The third-order valence-corrected chi connectivity index (χ3v) is 2.38. The number of ether oxygens (including phenoxy) is 1. The molecule has 1 amide bonds. The molecule has 86 valence electrons. The second kappa shape index (κ2) is 6.58. The van der Waals surface area contributed by atoms with Crippen molar-refractivity contribution in [3.63, 3.8) is 0 Å². The van der Waals surface area contributed by atoms with E-state index in [0.717, 1.165) is 25.1 Å². The normalized spacial score (nSPS) is 22.5. The summed E-state index contributed by atoms with van der Waals surface area (Å²) in [5, 5.41) is 6.17. The van der Waals surface area contributed by atoms with Crippen molar-refractivity contribution in [2.45, 2.75) is 26.3 Å². The molecule has 15 heavy (non-hydrogen) atoms. The van der Waals surface area contributed by atoms with E-state index < -0.39 is 0 Å². The molecule has 1 rings (SSSR count). The Kier molecular flexibility index (Phi) is 5.36. The smallest absolute Gasteiger partial charge is 0.246 e. The van der Waals surface area contributed by atoms with E-state index in [1.54, 1.807) is 0 Å². The molecule has 1 heterocycles. The van der Waals surface area contributed by atoms with Crippen molar-refractivity contribution in [1.29, 1.82) is 0 Å². The topological polar surface area (TPSA) is 50.4 Å². The lowest BCUT2D eigenvalue weighted by Gasteiger charge is -2.23. The maximum Gasteiger partial charge on any atom is 0.246 e. The van der Waals surface area contributed by atoms with Gasteiger partial charge in [0.05, 0.1) is 13.2 Å². The number of hydrogen-bond acceptors (Lipinski definition) is 3. The molecule has 0 aromatic rings. The van der Waals surface area contributed by atoms with Crippen LogP contribution in [0, 0.1) is 0 Å². The van der Waals surface area contributed by atoms with Gasteiger partial charge < -0.3 is 15.4 Å². The average molecular weight is 212 g/mol. The number of carbonyl (C=O) groups excluding carboxylic acids is 1. The molecule has 2 N–H and O–H groups in total. The van der Waals surface area contributed by atoms with Crippen LogP contribution in [0.15, 0.2) is 11.6 Å². The molecule has 1 aliphatic heterocycles. The van der Waals surface area contributed by atoms with Crippen LogP contribution in [0.3, 0.4) is 0 Å². The highest BCUT2D eigenvalue weighted by Crippen LogP contribution is 1.96. The summed E-state index contributed by atoms with van der Waals surface area (Å²) in [5.74, 6) is 0.0178. The summed E-state index contributed by atoms with van der Waals surface area (Å²) in [5.41, 5.74) is 0.786. The SMILES string of the molecule is CC/C=C(/C)C(=O)NCC1COCCN1. The van der Waals surface area contributed by atoms with Gasteiger partial charge in [-0.1, -0.05) is 13.0 Å². The van der Waals surface area contributed by atoms with E-state index in [1.807, 2.05) is 19.9 Å². The Bertz CT molecular complexity index is 233. The molecule has 0 aliphatic carbocycles. The van der Waals surface area contributed by atoms with Crippen LogP contribution >= 0.6 is 0 Å². The summed E-state index contributed by atoms with van der Waals surface area (Å²) in [6.45, 7) is 6.80. The molecular weight excluding hydrogens is 192 g/mol. The predicted octanol–water partition coefficient (Wildman–Crippen LogP) is 0.447. The first-order valence-electron chi connectivity index (χ1n) is 5.50. The van der Waals surface area contributed by atoms with Gasteiger partial charge in [0.2, 0.25) is 5.91 Å². The van der Waals surface area contributed by atoms with Crippen molar-refractivity contribution >= 4 is 5.91 Å². The summed E-state index contributed by atoms with van der Waals surface area (Å²) >= 11 is 0. The van der Waals surface area contributed by atoms with Gasteiger partial charge in [-0.05, 0) is 13.3 Å². The molecule has 0 bridgehead atoms. The lowest BCUT2D eigenvalue weighted by atomic mass is 10.2. The third-order valence-electron chi connectivity index (χ3n) is 2.38. The number of hydrogen-bond donors (Lipinski definition) is 2. The molecule has 0 aromatic carbocycles. The Morgan fingerprint density at radius 3 is 3.07 bits per heavy atom. The fourth-order valence-electron chi connectivity index (χ4n) is 1.51. The molecule has 4 nitrogen and oxygen atoms in total. The largest absolute Gasteiger partial charge is 0.378 e. The van der Waals surface area contributed by atoms with Gasteiger partial charge in [-0.2, -0.15) is 0 Å². The number of allylic oxidation sites excluding steroid dienone is 1. The Hall–Kier alpha value is -0.870. The zero-order chi connectivity index (χ0) is 11.1. The van der Waals surface area contributed by atoms with Crippen molar-refractivity contribution < 1.29 is 9.53 Å². The second-order valence-electron chi connectivity index (χ2n) is 3.73. The van der Waals surface area contributed by atoms with Gasteiger partial charge in [0.1, 0.15) is 0 Å². The highest BCUT2D eigenvalue weighted by molar-refractivity contribution is 5.92. The monoisotopic (exact) mass is 212 g/mol. The maximum absolute atomic E-state index is 11.5. The molecule has 1 unspecified atom stereocenters. The molecule has 0 aromatic heterocycles. The second-order valence-corrected chi connectivity index (χ2v) is 3.73. The lowest BCUT2D eigenvalue weighted by molar-refractivity contribution is -0.117. The van der Waals surface area contributed by atoms with E-state index in [-0.39, 0.29) is 11.9 Å². The van der Waals surface area contributed by atoms with Gasteiger partial charge in [-0.15, -0.1) is 0 Å². The fourth-order valence-corrected chi connectivity index (χ4v) is 1.51. The molecule has 0 spiro atoms. The summed E-state index contributed by atoms with van der Waals surface area (Å²) in [6.07, 6.45) is 2.82. The minimum absolute atomic E-state index is 0.0178. The Morgan fingerprint density at radius 1 is 1.67 bits per heavy atom. The Balaban J connectivity index is 2.23. The summed E-state index contributed by atoms with van der Waals surface area (Å²) < 4.78 is 5.29. The van der Waals surface area contributed by atoms with Crippen LogP contribution in [-0.2, 0) is 9.53 Å². The zero-order valence-corrected chi connectivity index (χ0v) is 9.51. The predicted molar refractivity (Wildman–Crippen MR) is 59.7 cm³/mol. The van der Waals surface area contributed by atoms with Crippen molar-refractivity contribution in [3.8, 4) is 0 Å². The fraction of sp³-hybridized carbons (Fsp3) is 0.727. The van der Waals surface area contributed by atoms with Crippen molar-refractivity contribution in [3.05, 3.63) is 11.6 Å². The van der Waals surface area contributed by atoms with E-state index in [4.69, 9.17) is 4.74 Å². The van der Waals surface area contributed by atoms with E-state index in [9.17, 15) is 4.79 Å². The number of nitrogens with one attached hydrogen (secondary N) is 2. The van der Waals surface area contributed by atoms with E-state index in [2.05, 4.69) is 10.6 Å². The standard InChI is InChI=1S/C11H20N2O2/c1-3-4-9(2)11(14)13-7-10-8-15-6-5-12-10/h4,10,12H,3,5-8H2,1-2H3,(H,13,14)/b9-4-. The van der Waals surface area contributed by atoms with E-state index in [0.29, 0.717) is 13.2 Å². The highest BCUT2D eigenvalue weighted by Gasteiger charge is 2.13. The van der Waals surface area contributed by atoms with E-state index >= 15 is 0 Å². The van der Waals surface area contributed by atoms with Crippen LogP contribution < -0.4 is 10.6 Å². The third kappa shape index (κ3) is 4.44. The van der Waals surface area contributed by atoms with Crippen LogP contribution in [0.5, 0.6) is 0 Å². The number of carbonyl (C=O) groups is 1. The number of morpholine rings is 1. The first kappa shape index (κ1) is 12.2. The van der Waals surface area contributed by atoms with Gasteiger partial charge in [-0.3, -0.25) is 4.79 Å². The molecule has 1 atom stereocenters. The quantitative estimate of drug-likeness (QED) is 0.665. The van der Waals surface area contributed by atoms with E-state index in [1.165, 1.54) is 0 Å². The molecule has 0 radical (unpaired) electrons. The minimum atomic E-state index is 0.0178. The van der Waals surface area contributed by atoms with Gasteiger partial charge in [0.15, 0.2) is 0 Å². The number of amides is 1. The highest BCUT2D eigenvalue weighted by atomic mass is 16.5. The average Bonchev–Trinajstić information content (AvgIpc) is 2.27. The molecule has 1 saturated heterocycles. The number of rotatable bonds is 4. The van der Waals surface area contributed by atoms with Crippen LogP contribution in [0.2, 0.25) is 0 Å². The van der Waals surface area contributed by atoms with Crippen LogP contribution in [0.25, 0.3) is 0 Å². The Morgan fingerprint density at radius 2 is 2.47 bits per heavy atom. The van der Waals surface area contributed by atoms with Crippen molar-refractivity contribution in [2.24, 2.45) is 0 Å². The molecule has 1 fully saturated rings. The summed E-state index contributed by atoms with van der Waals surface area (Å²) in [4.78, 5) is 11.5. The van der Waals surface area contributed by atoms with Gasteiger partial charge in [0, 0.05) is 24.7 Å². The van der Waals surface area contributed by atoms with Gasteiger partial charge >= 0.3 is 0 Å². The van der Waals surface area contributed by atoms with Gasteiger partial charge in [-0.25, -0.2) is 0 Å². The molecule has 1 aliphatic rings. The molecule has 0 saturated carbocycles. The van der Waals surface area contributed by atoms with Crippen molar-refractivity contribution in [1.82, 2.24) is 10.6 Å². The molecule has 4 heteroatoms. The Labute approximate surface area is 91.1 Å². The van der Waals surface area contributed by atoms with Crippen LogP contribution in [-0.4, -0.2) is 38.3 Å². The maximum atomic E-state index is 11.5. The summed E-state index contributed by atoms with van der Waals surface area (Å²) in [7, 11) is 0. The lowest BCUT2D eigenvalue weighted by Crippen LogP contribution is -2.48. The van der Waals surface area contributed by atoms with Crippen LogP contribution in [0.1, 0.15) is 20.3 Å². The summed E-state index contributed by atoms with van der Waals surface area (Å²) in [6, 6.07) is 0.247. The van der Waals surface area contributed by atoms with Crippen LogP contribution in [0.4, 0.5) is 0 Å². The first-order chi connectivity index (χ1) is 7.24. The molecular formula is C11H20N2O2. The minimum Gasteiger partial charge on any atom is -0.378 e. The van der Waals surface area contributed by atoms with Gasteiger partial charge in [0.25, 0.3) is 0 Å². The first-order valence-corrected chi connectivity index (χ1v) is 5.50. The van der Waals surface area contributed by atoms with Crippen molar-refractivity contribution in [2.75, 3.05) is 26.3 Å².